The van der Waals surface area contributed by atoms with E-state index in [4.69, 9.17) is 1.34 Å². The molecule has 1 aromatic heterocycles. The third-order valence-electron chi connectivity index (χ3n) is 1.41. The van der Waals surface area contributed by atoms with Crippen molar-refractivity contribution < 1.29 is 0 Å². The van der Waals surface area contributed by atoms with Crippen LogP contribution in [-0.2, 0) is 12.7 Å². The molecule has 0 saturated carbocycles. The second-order valence-electron chi connectivity index (χ2n) is 2.32. The van der Waals surface area contributed by atoms with E-state index in [1.54, 1.807) is 0 Å². The van der Waals surface area contributed by atoms with Crippen molar-refractivity contribution >= 4 is 19.1 Å². The zero-order valence-electron chi connectivity index (χ0n) is 7.26. The Bertz CT molecular complexity index is 191. The van der Waals surface area contributed by atoms with Gasteiger partial charge >= 0.3 is 0 Å². The molecule has 1 rings (SSSR count). The van der Waals surface area contributed by atoms with E-state index < -0.39 is 0 Å². The highest BCUT2D eigenvalue weighted by Crippen LogP contribution is 2.17. The minimum absolute atomic E-state index is 0. The minimum atomic E-state index is 0. The number of hydrogen-bond donors (Lipinski definition) is 0. The van der Waals surface area contributed by atoms with Crippen LogP contribution in [0, 0.1) is 0 Å². The van der Waals surface area contributed by atoms with Gasteiger partial charge in [-0.3, -0.25) is 0 Å². The lowest BCUT2D eigenvalue weighted by molar-refractivity contribution is 0.940. The number of aryl methyl sites for hydroxylation is 1. The fourth-order valence-electron chi connectivity index (χ4n) is 0.913. The number of hydrogen-bond acceptors (Lipinski definition) is 1. The molecule has 1 aromatic rings. The first-order valence-electron chi connectivity index (χ1n) is 4.22. The molecule has 0 spiro atoms. The molecule has 0 N–H and O–H groups in total. The van der Waals surface area contributed by atoms with Crippen molar-refractivity contribution in [2.45, 2.75) is 70.6 Å². The van der Waals surface area contributed by atoms with Crippen LogP contribution in [0.1, 0.15) is 67.7 Å². The molecule has 0 aromatic carbocycles. The molecule has 0 saturated heterocycles. The summed E-state index contributed by atoms with van der Waals surface area (Å²) in [6.45, 7) is 2.19. The number of thiophene rings is 1. The van der Waals surface area contributed by atoms with Crippen molar-refractivity contribution in [3.05, 3.63) is 21.9 Å². The molecule has 2 heteroatoms. The van der Waals surface area contributed by atoms with Crippen LogP contribution in [0.3, 0.4) is 0 Å². The Morgan fingerprint density at radius 1 is 1.06 bits per heavy atom. The third kappa shape index (κ3) is 11.8. The molecular formula is C14H36BS. The van der Waals surface area contributed by atoms with Crippen molar-refractivity contribution in [3.8, 4) is 0 Å². The standard InChI is InChI=1S/C8H12BS.6CH4/c1-2-3-7-4-5-8(6-9)10-7;;;;;;/h4-5,9H,2-3,6H2,1H3;6*1H4/i9D;;;;;;. The molecule has 0 amide bonds. The predicted molar refractivity (Wildman–Crippen MR) is 89.6 cm³/mol. The van der Waals surface area contributed by atoms with Gasteiger partial charge in [0.25, 0.3) is 0 Å². The molecule has 101 valence electrons. The molecule has 0 aliphatic rings. The van der Waals surface area contributed by atoms with Crippen LogP contribution in [0.5, 0.6) is 0 Å². The number of rotatable bonds is 4. The van der Waals surface area contributed by atoms with Gasteiger partial charge in [-0.25, -0.2) is 0 Å². The Hall–Kier alpha value is -0.235. The van der Waals surface area contributed by atoms with E-state index in [0.29, 0.717) is 0 Å². The van der Waals surface area contributed by atoms with Gasteiger partial charge in [0.1, 0.15) is 0 Å². The lowest BCUT2D eigenvalue weighted by atomic mass is 10.0. The van der Waals surface area contributed by atoms with Crippen molar-refractivity contribution in [1.82, 2.24) is 0 Å². The van der Waals surface area contributed by atoms with Crippen molar-refractivity contribution in [3.63, 3.8) is 0 Å². The highest BCUT2D eigenvalue weighted by Gasteiger charge is 1.95. The fourth-order valence-corrected chi connectivity index (χ4v) is 1.91. The van der Waals surface area contributed by atoms with Gasteiger partial charge in [-0.05, 0) is 24.8 Å². The highest BCUT2D eigenvalue weighted by atomic mass is 32.1. The molecule has 0 bridgehead atoms. The molecule has 0 nitrogen and oxygen atoms in total. The maximum atomic E-state index is 6.93. The molecule has 0 unspecified atom stereocenters. The topological polar surface area (TPSA) is 0 Å². The van der Waals surface area contributed by atoms with E-state index in [1.807, 2.05) is 11.3 Å². The lowest BCUT2D eigenvalue weighted by Gasteiger charge is -1.88. The lowest BCUT2D eigenvalue weighted by Crippen LogP contribution is -1.73. The van der Waals surface area contributed by atoms with Crippen LogP contribution >= 0.6 is 11.3 Å². The zero-order chi connectivity index (χ0) is 8.10. The Morgan fingerprint density at radius 3 is 2.00 bits per heavy atom. The van der Waals surface area contributed by atoms with E-state index in [1.165, 1.54) is 30.4 Å². The van der Waals surface area contributed by atoms with Gasteiger partial charge in [0.2, 0.25) is 0 Å². The first-order chi connectivity index (χ1) is 5.36. The summed E-state index contributed by atoms with van der Waals surface area (Å²) in [7, 11) is 1.46. The molecule has 0 atom stereocenters. The molecule has 0 fully saturated rings. The maximum absolute atomic E-state index is 6.93. The first kappa shape index (κ1) is 29.7. The SMILES string of the molecule is C.C.C.C.C.C.[2H][B]Cc1ccc(CCC)s1. The molecule has 0 aliphatic carbocycles. The second kappa shape index (κ2) is 20.2. The summed E-state index contributed by atoms with van der Waals surface area (Å²) >= 11 is 1.83. The molecule has 1 radical (unpaired) electrons. The Labute approximate surface area is 113 Å². The monoisotopic (exact) mass is 248 g/mol. The summed E-state index contributed by atoms with van der Waals surface area (Å²) in [5.41, 5.74) is 0. The average molecular weight is 248 g/mol. The van der Waals surface area contributed by atoms with Gasteiger partial charge in [0, 0.05) is 4.88 Å². The van der Waals surface area contributed by atoms with Crippen molar-refractivity contribution in [1.29, 1.82) is 1.34 Å². The highest BCUT2D eigenvalue weighted by molar-refractivity contribution is 7.12. The Kier molecular flexibility index (Phi) is 37.5. The van der Waals surface area contributed by atoms with Gasteiger partial charge in [0.15, 0.2) is 0 Å². The van der Waals surface area contributed by atoms with Crippen LogP contribution in [0.25, 0.3) is 0 Å². The minimum Gasteiger partial charge on any atom is -0.146 e. The van der Waals surface area contributed by atoms with Crippen molar-refractivity contribution in [2.24, 2.45) is 0 Å². The average Bonchev–Trinajstić information content (AvgIpc) is 2.38. The predicted octanol–water partition coefficient (Wildman–Crippen LogP) is 5.92. The second-order valence-corrected chi connectivity index (χ2v) is 3.58. The maximum Gasteiger partial charge on any atom is 0.0936 e. The zero-order valence-corrected chi connectivity index (χ0v) is 7.08. The summed E-state index contributed by atoms with van der Waals surface area (Å²) in [5, 5.41) is 0. The van der Waals surface area contributed by atoms with E-state index in [2.05, 4.69) is 19.1 Å². The molecule has 16 heavy (non-hydrogen) atoms. The normalized spacial score (nSPS) is 6.94. The van der Waals surface area contributed by atoms with Gasteiger partial charge in [-0.15, -0.1) is 11.3 Å². The summed E-state index contributed by atoms with van der Waals surface area (Å²) in [5.74, 6) is 0. The van der Waals surface area contributed by atoms with Crippen LogP contribution in [-0.4, -0.2) is 9.15 Å². The Morgan fingerprint density at radius 2 is 1.56 bits per heavy atom. The van der Waals surface area contributed by atoms with E-state index in [0.717, 1.165) is 6.32 Å². The summed E-state index contributed by atoms with van der Waals surface area (Å²) < 4.78 is 6.93. The molecule has 1 heterocycles. The smallest absolute Gasteiger partial charge is 0.0936 e. The van der Waals surface area contributed by atoms with Crippen LogP contribution in [0.15, 0.2) is 12.1 Å². The molecule has 0 aliphatic heterocycles. The van der Waals surface area contributed by atoms with Crippen LogP contribution in [0.2, 0.25) is 0 Å². The van der Waals surface area contributed by atoms with Gasteiger partial charge in [0.05, 0.1) is 7.81 Å². The summed E-state index contributed by atoms with van der Waals surface area (Å²) in [4.78, 5) is 2.76. The van der Waals surface area contributed by atoms with Gasteiger partial charge in [-0.2, -0.15) is 0 Å². The van der Waals surface area contributed by atoms with E-state index in [-0.39, 0.29) is 44.6 Å². The summed E-state index contributed by atoms with van der Waals surface area (Å²) in [6, 6.07) is 4.30. The Balaban J connectivity index is -0.0000000504. The largest absolute Gasteiger partial charge is 0.146 e. The fraction of sp³-hybridized carbons (Fsp3) is 0.714. The third-order valence-corrected chi connectivity index (χ3v) is 2.58. The van der Waals surface area contributed by atoms with Crippen LogP contribution < -0.4 is 0 Å². The quantitative estimate of drug-likeness (QED) is 0.580. The summed E-state index contributed by atoms with van der Waals surface area (Å²) in [6.07, 6.45) is 3.20. The first-order valence-corrected chi connectivity index (χ1v) is 4.46. The van der Waals surface area contributed by atoms with E-state index >= 15 is 0 Å². The van der Waals surface area contributed by atoms with Gasteiger partial charge < -0.3 is 0 Å². The van der Waals surface area contributed by atoms with Gasteiger partial charge in [-0.1, -0.05) is 64.2 Å². The van der Waals surface area contributed by atoms with E-state index in [9.17, 15) is 0 Å². The molecular weight excluding hydrogens is 211 g/mol. The van der Waals surface area contributed by atoms with Crippen LogP contribution in [0.4, 0.5) is 0 Å². The van der Waals surface area contributed by atoms with Crippen molar-refractivity contribution in [2.75, 3.05) is 0 Å².